The number of carbonyl (C=O) groups is 2. The smallest absolute Gasteiger partial charge is 0.325 e. The number of carbonyl (C=O) groups excluding carboxylic acids is 2. The number of hydrogen-bond acceptors (Lipinski definition) is 3. The average Bonchev–Trinajstić information content (AvgIpc) is 2.99. The van der Waals surface area contributed by atoms with E-state index in [9.17, 15) is 9.59 Å². The van der Waals surface area contributed by atoms with Crippen LogP contribution in [0.2, 0.25) is 0 Å². The zero-order chi connectivity index (χ0) is 14.4. The van der Waals surface area contributed by atoms with Crippen molar-refractivity contribution in [1.29, 1.82) is 0 Å². The molecule has 0 aliphatic carbocycles. The van der Waals surface area contributed by atoms with Crippen LogP contribution in [-0.2, 0) is 9.53 Å². The van der Waals surface area contributed by atoms with Gasteiger partial charge in [0.25, 0.3) is 0 Å². The van der Waals surface area contributed by atoms with Crippen molar-refractivity contribution in [3.63, 3.8) is 0 Å². The minimum absolute atomic E-state index is 0.163. The molecule has 1 aromatic heterocycles. The molecule has 6 nitrogen and oxygen atoms in total. The van der Waals surface area contributed by atoms with E-state index in [0.717, 1.165) is 5.69 Å². The normalized spacial score (nSPS) is 9.85. The Morgan fingerprint density at radius 3 is 2.40 bits per heavy atom. The van der Waals surface area contributed by atoms with Gasteiger partial charge in [0.1, 0.15) is 6.54 Å². The van der Waals surface area contributed by atoms with E-state index < -0.39 is 12.0 Å². The highest BCUT2D eigenvalue weighted by atomic mass is 16.5. The molecule has 6 heteroatoms. The second-order valence-corrected chi connectivity index (χ2v) is 4.02. The van der Waals surface area contributed by atoms with E-state index in [2.05, 4.69) is 15.4 Å². The third-order valence-electron chi connectivity index (χ3n) is 2.65. The zero-order valence-corrected chi connectivity index (χ0v) is 11.0. The molecule has 0 fully saturated rings. The fourth-order valence-electron chi connectivity index (χ4n) is 1.62. The lowest BCUT2D eigenvalue weighted by Gasteiger charge is -2.08. The van der Waals surface area contributed by atoms with Gasteiger partial charge in [0.15, 0.2) is 0 Å². The van der Waals surface area contributed by atoms with Gasteiger partial charge in [-0.2, -0.15) is 0 Å². The molecule has 0 unspecified atom stereocenters. The molecule has 104 valence electrons. The second-order valence-electron chi connectivity index (χ2n) is 4.02. The van der Waals surface area contributed by atoms with Crippen molar-refractivity contribution < 1.29 is 14.3 Å². The molecule has 1 aromatic carbocycles. The third kappa shape index (κ3) is 3.61. The van der Waals surface area contributed by atoms with Crippen molar-refractivity contribution in [2.24, 2.45) is 0 Å². The first-order valence-electron chi connectivity index (χ1n) is 6.04. The van der Waals surface area contributed by atoms with Crippen LogP contribution in [0.4, 0.5) is 10.5 Å². The Kier molecular flexibility index (Phi) is 4.39. The Morgan fingerprint density at radius 2 is 1.80 bits per heavy atom. The van der Waals surface area contributed by atoms with Crippen molar-refractivity contribution in [1.82, 2.24) is 9.88 Å². The molecule has 0 aliphatic heterocycles. The van der Waals surface area contributed by atoms with E-state index in [0.29, 0.717) is 5.69 Å². The van der Waals surface area contributed by atoms with Gasteiger partial charge in [-0.3, -0.25) is 4.79 Å². The molecular weight excluding hydrogens is 258 g/mol. The first kappa shape index (κ1) is 13.7. The van der Waals surface area contributed by atoms with Gasteiger partial charge in [-0.25, -0.2) is 4.79 Å². The summed E-state index contributed by atoms with van der Waals surface area (Å²) in [5, 5.41) is 5.02. The second kappa shape index (κ2) is 6.42. The Labute approximate surface area is 116 Å². The molecular formula is C14H15N3O3. The molecule has 0 saturated carbocycles. The van der Waals surface area contributed by atoms with E-state index in [1.165, 1.54) is 7.11 Å². The average molecular weight is 273 g/mol. The fourth-order valence-corrected chi connectivity index (χ4v) is 1.62. The van der Waals surface area contributed by atoms with Crippen LogP contribution in [0, 0.1) is 0 Å². The number of anilines is 1. The van der Waals surface area contributed by atoms with E-state index in [1.807, 2.05) is 41.2 Å². The first-order chi connectivity index (χ1) is 9.69. The van der Waals surface area contributed by atoms with Gasteiger partial charge in [-0.05, 0) is 36.4 Å². The highest BCUT2D eigenvalue weighted by molar-refractivity contribution is 5.91. The summed E-state index contributed by atoms with van der Waals surface area (Å²) < 4.78 is 6.38. The van der Waals surface area contributed by atoms with Crippen LogP contribution in [-0.4, -0.2) is 30.2 Å². The highest BCUT2D eigenvalue weighted by Gasteiger charge is 2.05. The number of benzene rings is 1. The Balaban J connectivity index is 1.90. The fraction of sp³-hybridized carbons (Fsp3) is 0.143. The number of rotatable bonds is 4. The number of nitrogens with one attached hydrogen (secondary N) is 2. The van der Waals surface area contributed by atoms with Gasteiger partial charge in [-0.1, -0.05) is 0 Å². The zero-order valence-electron chi connectivity index (χ0n) is 11.0. The molecule has 2 N–H and O–H groups in total. The number of amides is 2. The maximum atomic E-state index is 11.5. The standard InChI is InChI=1S/C14H15N3O3/c1-20-13(18)10-15-14(19)16-11-4-6-12(7-5-11)17-8-2-3-9-17/h2-9H,10H2,1H3,(H2,15,16,19). The van der Waals surface area contributed by atoms with E-state index >= 15 is 0 Å². The van der Waals surface area contributed by atoms with Crippen LogP contribution in [0.5, 0.6) is 0 Å². The molecule has 0 aliphatic rings. The Hall–Kier alpha value is -2.76. The minimum atomic E-state index is -0.497. The maximum Gasteiger partial charge on any atom is 0.325 e. The van der Waals surface area contributed by atoms with Crippen LogP contribution in [0.25, 0.3) is 5.69 Å². The molecule has 0 bridgehead atoms. The summed E-state index contributed by atoms with van der Waals surface area (Å²) in [7, 11) is 1.27. The van der Waals surface area contributed by atoms with Crippen LogP contribution in [0.15, 0.2) is 48.8 Å². The topological polar surface area (TPSA) is 72.4 Å². The summed E-state index contributed by atoms with van der Waals surface area (Å²) >= 11 is 0. The number of hydrogen-bond donors (Lipinski definition) is 2. The summed E-state index contributed by atoms with van der Waals surface area (Å²) in [5.74, 6) is -0.497. The molecule has 1 heterocycles. The van der Waals surface area contributed by atoms with Crippen LogP contribution >= 0.6 is 0 Å². The third-order valence-corrected chi connectivity index (χ3v) is 2.65. The van der Waals surface area contributed by atoms with Gasteiger partial charge in [0.2, 0.25) is 0 Å². The van der Waals surface area contributed by atoms with Gasteiger partial charge in [-0.15, -0.1) is 0 Å². The number of esters is 1. The van der Waals surface area contributed by atoms with Gasteiger partial charge in [0.05, 0.1) is 7.11 Å². The quantitative estimate of drug-likeness (QED) is 0.834. The molecule has 0 saturated heterocycles. The number of methoxy groups -OCH3 is 1. The summed E-state index contributed by atoms with van der Waals surface area (Å²) in [6.45, 7) is -0.163. The minimum Gasteiger partial charge on any atom is -0.468 e. The molecule has 20 heavy (non-hydrogen) atoms. The highest BCUT2D eigenvalue weighted by Crippen LogP contribution is 2.13. The van der Waals surface area contributed by atoms with Gasteiger partial charge >= 0.3 is 12.0 Å². The molecule has 0 atom stereocenters. The largest absolute Gasteiger partial charge is 0.468 e. The number of aromatic nitrogens is 1. The molecule has 2 amide bonds. The van der Waals surface area contributed by atoms with Crippen molar-refractivity contribution in [3.05, 3.63) is 48.8 Å². The van der Waals surface area contributed by atoms with Crippen LogP contribution in [0.3, 0.4) is 0 Å². The lowest BCUT2D eigenvalue weighted by Crippen LogP contribution is -2.33. The lowest BCUT2D eigenvalue weighted by atomic mass is 10.3. The summed E-state index contributed by atoms with van der Waals surface area (Å²) in [6, 6.07) is 10.8. The molecule has 0 radical (unpaired) electrons. The van der Waals surface area contributed by atoms with E-state index in [1.54, 1.807) is 12.1 Å². The summed E-state index contributed by atoms with van der Waals surface area (Å²) in [4.78, 5) is 22.4. The molecule has 0 spiro atoms. The molecule has 2 rings (SSSR count). The monoisotopic (exact) mass is 273 g/mol. The lowest BCUT2D eigenvalue weighted by molar-refractivity contribution is -0.139. The predicted molar refractivity (Wildman–Crippen MR) is 74.8 cm³/mol. The number of ether oxygens (including phenoxy) is 1. The number of nitrogens with zero attached hydrogens (tertiary/aromatic N) is 1. The van der Waals surface area contributed by atoms with E-state index in [4.69, 9.17) is 0 Å². The molecule has 2 aromatic rings. The summed E-state index contributed by atoms with van der Waals surface area (Å²) in [6.07, 6.45) is 3.87. The SMILES string of the molecule is COC(=O)CNC(=O)Nc1ccc(-n2cccc2)cc1. The van der Waals surface area contributed by atoms with E-state index in [-0.39, 0.29) is 6.54 Å². The maximum absolute atomic E-state index is 11.5. The van der Waals surface area contributed by atoms with Crippen molar-refractivity contribution in [3.8, 4) is 5.69 Å². The van der Waals surface area contributed by atoms with Crippen LogP contribution in [0.1, 0.15) is 0 Å². The predicted octanol–water partition coefficient (Wildman–Crippen LogP) is 1.77. The van der Waals surface area contributed by atoms with Crippen LogP contribution < -0.4 is 10.6 Å². The van der Waals surface area contributed by atoms with Gasteiger partial charge in [0, 0.05) is 23.8 Å². The number of urea groups is 1. The van der Waals surface area contributed by atoms with Crippen molar-refractivity contribution in [2.75, 3.05) is 19.0 Å². The Morgan fingerprint density at radius 1 is 1.15 bits per heavy atom. The summed E-state index contributed by atoms with van der Waals surface area (Å²) in [5.41, 5.74) is 1.64. The van der Waals surface area contributed by atoms with Crippen molar-refractivity contribution >= 4 is 17.7 Å². The van der Waals surface area contributed by atoms with Crippen molar-refractivity contribution in [2.45, 2.75) is 0 Å². The Bertz CT molecular complexity index is 576. The van der Waals surface area contributed by atoms with Gasteiger partial charge < -0.3 is 19.9 Å². The first-order valence-corrected chi connectivity index (χ1v) is 6.04.